The first-order chi connectivity index (χ1) is 16.7. The number of anilines is 1. The zero-order valence-electron chi connectivity index (χ0n) is 19.5. The first-order valence-electron chi connectivity index (χ1n) is 10.9. The van der Waals surface area contributed by atoms with E-state index in [1.165, 1.54) is 4.68 Å². The van der Waals surface area contributed by atoms with Gasteiger partial charge in [0.25, 0.3) is 0 Å². The molecule has 0 atom stereocenters. The molecule has 1 aromatic heterocycles. The van der Waals surface area contributed by atoms with E-state index in [0.29, 0.717) is 26.4 Å². The van der Waals surface area contributed by atoms with Crippen LogP contribution in [0.5, 0.6) is 5.75 Å². The van der Waals surface area contributed by atoms with E-state index in [0.717, 1.165) is 28.1 Å². The van der Waals surface area contributed by atoms with E-state index in [9.17, 15) is 4.79 Å². The SMILES string of the molecule is Cc1ccc(C)c(NC(=O)Cn2nc(COc3ccc(Cl)cc3Cl)n(-c3ccccc3C)c2=S)c1. The number of aromatic nitrogens is 3. The van der Waals surface area contributed by atoms with Crippen molar-refractivity contribution >= 4 is 47.0 Å². The quantitative estimate of drug-likeness (QED) is 0.267. The predicted octanol–water partition coefficient (Wildman–Crippen LogP) is 6.85. The van der Waals surface area contributed by atoms with Gasteiger partial charge in [-0.05, 0) is 80.0 Å². The van der Waals surface area contributed by atoms with E-state index in [2.05, 4.69) is 10.4 Å². The Kier molecular flexibility index (Phi) is 7.60. The Hall–Kier alpha value is -3.13. The standard InChI is InChI=1S/C26H24Cl2N4O2S/c1-16-8-9-17(2)21(12-16)29-25(33)14-31-26(35)32(22-7-5-4-6-18(22)3)24(30-31)15-34-23-11-10-19(27)13-20(23)28/h4-13H,14-15H2,1-3H3,(H,29,33). The minimum atomic E-state index is -0.225. The summed E-state index contributed by atoms with van der Waals surface area (Å²) < 4.78 is 9.65. The molecule has 0 radical (unpaired) electrons. The van der Waals surface area contributed by atoms with Crippen molar-refractivity contribution in [3.63, 3.8) is 0 Å². The smallest absolute Gasteiger partial charge is 0.246 e. The molecule has 0 fully saturated rings. The summed E-state index contributed by atoms with van der Waals surface area (Å²) in [6.07, 6.45) is 0. The van der Waals surface area contributed by atoms with Crippen molar-refractivity contribution in [2.24, 2.45) is 0 Å². The van der Waals surface area contributed by atoms with Crippen LogP contribution < -0.4 is 10.1 Å². The lowest BCUT2D eigenvalue weighted by Crippen LogP contribution is -2.20. The largest absolute Gasteiger partial charge is 0.484 e. The Labute approximate surface area is 219 Å². The minimum Gasteiger partial charge on any atom is -0.484 e. The highest BCUT2D eigenvalue weighted by atomic mass is 35.5. The summed E-state index contributed by atoms with van der Waals surface area (Å²) in [6, 6.07) is 18.7. The van der Waals surface area contributed by atoms with E-state index < -0.39 is 0 Å². The molecule has 35 heavy (non-hydrogen) atoms. The van der Waals surface area contributed by atoms with Crippen molar-refractivity contribution in [2.75, 3.05) is 5.32 Å². The molecule has 0 unspecified atom stereocenters. The molecular formula is C26H24Cl2N4O2S. The van der Waals surface area contributed by atoms with Crippen molar-refractivity contribution in [3.05, 3.63) is 98.0 Å². The fourth-order valence-corrected chi connectivity index (χ4v) is 4.41. The van der Waals surface area contributed by atoms with Crippen LogP contribution in [0.25, 0.3) is 5.69 Å². The Morgan fingerprint density at radius 3 is 2.54 bits per heavy atom. The minimum absolute atomic E-state index is 0.0419. The second-order valence-corrected chi connectivity index (χ2v) is 9.42. The molecule has 6 nitrogen and oxygen atoms in total. The van der Waals surface area contributed by atoms with Crippen LogP contribution in [0.4, 0.5) is 5.69 Å². The van der Waals surface area contributed by atoms with Gasteiger partial charge >= 0.3 is 0 Å². The lowest BCUT2D eigenvalue weighted by atomic mass is 10.1. The van der Waals surface area contributed by atoms with Gasteiger partial charge in [0.2, 0.25) is 10.7 Å². The Bertz CT molecular complexity index is 1460. The highest BCUT2D eigenvalue weighted by Crippen LogP contribution is 2.28. The summed E-state index contributed by atoms with van der Waals surface area (Å²) in [5.74, 6) is 0.785. The number of carbonyl (C=O) groups excluding carboxylic acids is 1. The molecule has 1 amide bonds. The highest BCUT2D eigenvalue weighted by Gasteiger charge is 2.17. The van der Waals surface area contributed by atoms with E-state index in [1.807, 2.05) is 67.8 Å². The van der Waals surface area contributed by atoms with Crippen LogP contribution in [-0.4, -0.2) is 20.3 Å². The molecule has 0 saturated heterocycles. The van der Waals surface area contributed by atoms with Gasteiger partial charge in [0, 0.05) is 10.7 Å². The predicted molar refractivity (Wildman–Crippen MR) is 142 cm³/mol. The van der Waals surface area contributed by atoms with Gasteiger partial charge in [-0.15, -0.1) is 0 Å². The van der Waals surface area contributed by atoms with Gasteiger partial charge in [-0.1, -0.05) is 53.5 Å². The molecule has 1 N–H and O–H groups in total. The number of rotatable bonds is 7. The number of benzene rings is 3. The van der Waals surface area contributed by atoms with Crippen LogP contribution >= 0.6 is 35.4 Å². The summed E-state index contributed by atoms with van der Waals surface area (Å²) >= 11 is 18.0. The number of halogens is 2. The number of hydrogen-bond donors (Lipinski definition) is 1. The van der Waals surface area contributed by atoms with Gasteiger partial charge in [-0.2, -0.15) is 5.10 Å². The molecule has 9 heteroatoms. The number of para-hydroxylation sites is 1. The monoisotopic (exact) mass is 526 g/mol. The average molecular weight is 527 g/mol. The maximum atomic E-state index is 12.9. The molecule has 4 aromatic rings. The van der Waals surface area contributed by atoms with E-state index in [-0.39, 0.29) is 19.1 Å². The Morgan fingerprint density at radius 1 is 1.03 bits per heavy atom. The summed E-state index contributed by atoms with van der Waals surface area (Å²) in [6.45, 7) is 5.96. The van der Waals surface area contributed by atoms with Crippen LogP contribution in [0.15, 0.2) is 60.7 Å². The van der Waals surface area contributed by atoms with Gasteiger partial charge in [-0.3, -0.25) is 9.36 Å². The fourth-order valence-electron chi connectivity index (χ4n) is 3.64. The molecule has 0 spiro atoms. The third kappa shape index (κ3) is 5.75. The third-order valence-corrected chi connectivity index (χ3v) is 6.40. The molecule has 1 heterocycles. The summed E-state index contributed by atoms with van der Waals surface area (Å²) in [5.41, 5.74) is 4.67. The average Bonchev–Trinajstić information content (AvgIpc) is 3.10. The second kappa shape index (κ2) is 10.6. The Balaban J connectivity index is 1.65. The molecule has 0 aliphatic heterocycles. The molecule has 0 bridgehead atoms. The van der Waals surface area contributed by atoms with E-state index in [1.54, 1.807) is 18.2 Å². The normalized spacial score (nSPS) is 10.9. The first kappa shape index (κ1) is 25.0. The Morgan fingerprint density at radius 2 is 1.80 bits per heavy atom. The van der Waals surface area contributed by atoms with Crippen LogP contribution in [0.3, 0.4) is 0 Å². The summed E-state index contributed by atoms with van der Waals surface area (Å²) in [5, 5.41) is 8.50. The maximum absolute atomic E-state index is 12.9. The molecule has 4 rings (SSSR count). The summed E-state index contributed by atoms with van der Waals surface area (Å²) in [4.78, 5) is 12.9. The maximum Gasteiger partial charge on any atom is 0.246 e. The van der Waals surface area contributed by atoms with Crippen molar-refractivity contribution in [2.45, 2.75) is 33.9 Å². The van der Waals surface area contributed by atoms with Crippen molar-refractivity contribution in [3.8, 4) is 11.4 Å². The van der Waals surface area contributed by atoms with Crippen LogP contribution in [0.1, 0.15) is 22.5 Å². The fraction of sp³-hybridized carbons (Fsp3) is 0.192. The number of hydrogen-bond acceptors (Lipinski definition) is 4. The number of nitrogens with one attached hydrogen (secondary N) is 1. The molecule has 3 aromatic carbocycles. The molecular weight excluding hydrogens is 503 g/mol. The topological polar surface area (TPSA) is 61.1 Å². The molecule has 0 aliphatic carbocycles. The zero-order valence-corrected chi connectivity index (χ0v) is 21.8. The van der Waals surface area contributed by atoms with E-state index >= 15 is 0 Å². The zero-order chi connectivity index (χ0) is 25.1. The van der Waals surface area contributed by atoms with Crippen LogP contribution in [-0.2, 0) is 17.9 Å². The van der Waals surface area contributed by atoms with Crippen molar-refractivity contribution in [1.82, 2.24) is 14.3 Å². The number of aryl methyl sites for hydroxylation is 3. The molecule has 0 saturated carbocycles. The van der Waals surface area contributed by atoms with Gasteiger partial charge in [0.05, 0.1) is 10.7 Å². The van der Waals surface area contributed by atoms with Gasteiger partial charge < -0.3 is 10.1 Å². The number of carbonyl (C=O) groups is 1. The molecule has 0 aliphatic rings. The lowest BCUT2D eigenvalue weighted by Gasteiger charge is -2.11. The van der Waals surface area contributed by atoms with Gasteiger partial charge in [0.15, 0.2) is 5.82 Å². The van der Waals surface area contributed by atoms with Crippen LogP contribution in [0.2, 0.25) is 10.0 Å². The number of ether oxygens (including phenoxy) is 1. The number of amides is 1. The van der Waals surface area contributed by atoms with Gasteiger partial charge in [-0.25, -0.2) is 4.68 Å². The molecule has 180 valence electrons. The number of nitrogens with zero attached hydrogens (tertiary/aromatic N) is 3. The first-order valence-corrected chi connectivity index (χ1v) is 12.1. The second-order valence-electron chi connectivity index (χ2n) is 8.21. The lowest BCUT2D eigenvalue weighted by molar-refractivity contribution is -0.116. The third-order valence-electron chi connectivity index (χ3n) is 5.47. The van der Waals surface area contributed by atoms with E-state index in [4.69, 9.17) is 40.2 Å². The highest BCUT2D eigenvalue weighted by molar-refractivity contribution is 7.71. The van der Waals surface area contributed by atoms with Gasteiger partial charge in [0.1, 0.15) is 18.9 Å². The summed E-state index contributed by atoms with van der Waals surface area (Å²) in [7, 11) is 0. The van der Waals surface area contributed by atoms with Crippen molar-refractivity contribution < 1.29 is 9.53 Å². The van der Waals surface area contributed by atoms with Crippen molar-refractivity contribution in [1.29, 1.82) is 0 Å². The van der Waals surface area contributed by atoms with Crippen LogP contribution in [0, 0.1) is 25.5 Å².